The van der Waals surface area contributed by atoms with Crippen molar-refractivity contribution in [2.75, 3.05) is 6.61 Å². The molecule has 2 unspecified atom stereocenters. The molecule has 2 amide bonds. The fourth-order valence-electron chi connectivity index (χ4n) is 4.09. The van der Waals surface area contributed by atoms with Gasteiger partial charge in [0.05, 0.1) is 6.42 Å². The fourth-order valence-corrected chi connectivity index (χ4v) is 4.09. The number of carboxylic acid groups (broad SMARTS) is 1. The van der Waals surface area contributed by atoms with Gasteiger partial charge >= 0.3 is 11.9 Å². The van der Waals surface area contributed by atoms with Crippen molar-refractivity contribution in [2.24, 2.45) is 11.8 Å². The summed E-state index contributed by atoms with van der Waals surface area (Å²) >= 11 is 0. The van der Waals surface area contributed by atoms with Gasteiger partial charge in [-0.2, -0.15) is 0 Å². The van der Waals surface area contributed by atoms with Crippen LogP contribution in [0.4, 0.5) is 0 Å². The highest BCUT2D eigenvalue weighted by Crippen LogP contribution is 2.19. The minimum Gasteiger partial charge on any atom is -0.481 e. The first-order valence-corrected chi connectivity index (χ1v) is 12.6. The van der Waals surface area contributed by atoms with Gasteiger partial charge in [0, 0.05) is 13.3 Å². The molecule has 9 nitrogen and oxygen atoms in total. The zero-order chi connectivity index (χ0) is 28.1. The quantitative estimate of drug-likeness (QED) is 0.305. The van der Waals surface area contributed by atoms with Crippen molar-refractivity contribution in [3.05, 3.63) is 71.8 Å². The van der Waals surface area contributed by atoms with E-state index in [0.717, 1.165) is 11.1 Å². The maximum Gasteiger partial charge on any atom is 0.306 e. The fraction of sp³-hybridized carbons (Fsp3) is 0.414. The van der Waals surface area contributed by atoms with Crippen LogP contribution in [0.2, 0.25) is 0 Å². The molecule has 2 aromatic carbocycles. The highest BCUT2D eigenvalue weighted by Gasteiger charge is 2.30. The summed E-state index contributed by atoms with van der Waals surface area (Å²) in [5.74, 6) is -4.15. The summed E-state index contributed by atoms with van der Waals surface area (Å²) in [5, 5.41) is 14.1. The van der Waals surface area contributed by atoms with Crippen molar-refractivity contribution in [3.63, 3.8) is 0 Å². The van der Waals surface area contributed by atoms with Gasteiger partial charge in [-0.3, -0.25) is 24.0 Å². The van der Waals surface area contributed by atoms with Crippen LogP contribution < -0.4 is 10.6 Å². The molecule has 2 atom stereocenters. The first kappa shape index (κ1) is 30.2. The molecule has 0 bridgehead atoms. The van der Waals surface area contributed by atoms with Gasteiger partial charge in [0.15, 0.2) is 12.4 Å². The molecular weight excluding hydrogens is 488 g/mol. The molecule has 0 radical (unpaired) electrons. The molecule has 0 aliphatic heterocycles. The Morgan fingerprint density at radius 1 is 0.816 bits per heavy atom. The van der Waals surface area contributed by atoms with Crippen LogP contribution in [-0.2, 0) is 41.6 Å². The molecule has 2 aromatic rings. The van der Waals surface area contributed by atoms with E-state index < -0.39 is 54.6 Å². The van der Waals surface area contributed by atoms with E-state index in [0.29, 0.717) is 12.8 Å². The highest BCUT2D eigenvalue weighted by atomic mass is 16.5. The first-order valence-electron chi connectivity index (χ1n) is 12.6. The van der Waals surface area contributed by atoms with E-state index >= 15 is 0 Å². The Morgan fingerprint density at radius 2 is 1.34 bits per heavy atom. The van der Waals surface area contributed by atoms with Crippen molar-refractivity contribution >= 4 is 29.5 Å². The van der Waals surface area contributed by atoms with Gasteiger partial charge in [-0.15, -0.1) is 0 Å². The lowest BCUT2D eigenvalue weighted by atomic mass is 9.90. The normalized spacial score (nSPS) is 12.4. The molecule has 0 aliphatic carbocycles. The van der Waals surface area contributed by atoms with Crippen LogP contribution >= 0.6 is 0 Å². The lowest BCUT2D eigenvalue weighted by Crippen LogP contribution is -2.54. The third-order valence-electron chi connectivity index (χ3n) is 5.96. The number of rotatable bonds is 15. The number of benzene rings is 2. The molecule has 0 fully saturated rings. The molecule has 0 saturated carbocycles. The maximum atomic E-state index is 12.8. The number of ketones is 1. The van der Waals surface area contributed by atoms with Crippen molar-refractivity contribution in [3.8, 4) is 0 Å². The summed E-state index contributed by atoms with van der Waals surface area (Å²) < 4.78 is 5.22. The number of carboxylic acids is 1. The number of hydrogen-bond acceptors (Lipinski definition) is 6. The molecule has 9 heteroatoms. The number of carbonyl (C=O) groups excluding carboxylic acids is 4. The molecule has 38 heavy (non-hydrogen) atoms. The molecule has 204 valence electrons. The number of nitrogens with one attached hydrogen (secondary N) is 2. The van der Waals surface area contributed by atoms with Gasteiger partial charge in [-0.25, -0.2) is 0 Å². The number of amides is 2. The third kappa shape index (κ3) is 10.9. The van der Waals surface area contributed by atoms with Gasteiger partial charge < -0.3 is 20.5 Å². The van der Waals surface area contributed by atoms with Crippen molar-refractivity contribution in [1.29, 1.82) is 0 Å². The number of carbonyl (C=O) groups is 5. The summed E-state index contributed by atoms with van der Waals surface area (Å²) in [6, 6.07) is 17.1. The van der Waals surface area contributed by atoms with Crippen LogP contribution in [0, 0.1) is 11.8 Å². The maximum absolute atomic E-state index is 12.8. The van der Waals surface area contributed by atoms with Crippen molar-refractivity contribution in [1.82, 2.24) is 10.6 Å². The zero-order valence-electron chi connectivity index (χ0n) is 22.0. The van der Waals surface area contributed by atoms with Crippen molar-refractivity contribution < 1.29 is 33.8 Å². The molecule has 0 saturated heterocycles. The Labute approximate surface area is 223 Å². The second-order valence-electron chi connectivity index (χ2n) is 9.66. The third-order valence-corrected chi connectivity index (χ3v) is 5.96. The number of Topliss-reactive ketones (excluding diaryl/α,β-unsaturated/α-hetero) is 1. The van der Waals surface area contributed by atoms with Crippen LogP contribution in [0.1, 0.15) is 44.7 Å². The number of ether oxygens (including phenoxy) is 1. The molecule has 0 spiro atoms. The molecule has 3 N–H and O–H groups in total. The molecule has 2 rings (SSSR count). The Balaban J connectivity index is 2.02. The first-order chi connectivity index (χ1) is 18.0. The molecule has 0 aromatic heterocycles. The van der Waals surface area contributed by atoms with Gasteiger partial charge in [0.1, 0.15) is 12.1 Å². The van der Waals surface area contributed by atoms with Gasteiger partial charge in [-0.1, -0.05) is 74.5 Å². The van der Waals surface area contributed by atoms with Gasteiger partial charge in [0.25, 0.3) is 0 Å². The lowest BCUT2D eigenvalue weighted by Gasteiger charge is -2.24. The Kier molecular flexibility index (Phi) is 12.2. The Morgan fingerprint density at radius 3 is 1.79 bits per heavy atom. The van der Waals surface area contributed by atoms with Crippen LogP contribution in [0.5, 0.6) is 0 Å². The summed E-state index contributed by atoms with van der Waals surface area (Å²) in [7, 11) is 0. The predicted octanol–water partition coefficient (Wildman–Crippen LogP) is 2.71. The van der Waals surface area contributed by atoms with E-state index in [1.807, 2.05) is 60.7 Å². The van der Waals surface area contributed by atoms with Crippen LogP contribution in [-0.4, -0.2) is 53.3 Å². The standard InChI is InChI=1S/C29H36N2O7/c1-19(2)28(30-20(3)32)29(37)31-24(17-26(34)35)25(33)18-38-27(36)16-23(14-21-10-6-4-7-11-21)15-22-12-8-5-9-13-22/h4-13,19,23-24,28H,14-18H2,1-3H3,(H,30,32)(H,31,37)(H,34,35). The molecule has 0 heterocycles. The topological polar surface area (TPSA) is 139 Å². The van der Waals surface area contributed by atoms with Crippen LogP contribution in [0.3, 0.4) is 0 Å². The smallest absolute Gasteiger partial charge is 0.306 e. The number of aliphatic carboxylic acids is 1. The van der Waals surface area contributed by atoms with E-state index in [9.17, 15) is 29.1 Å². The van der Waals surface area contributed by atoms with E-state index in [-0.39, 0.29) is 18.3 Å². The van der Waals surface area contributed by atoms with E-state index in [2.05, 4.69) is 10.6 Å². The second-order valence-corrected chi connectivity index (χ2v) is 9.66. The van der Waals surface area contributed by atoms with Gasteiger partial charge in [0.2, 0.25) is 11.8 Å². The van der Waals surface area contributed by atoms with Crippen LogP contribution in [0.25, 0.3) is 0 Å². The van der Waals surface area contributed by atoms with E-state index in [4.69, 9.17) is 4.74 Å². The number of esters is 1. The zero-order valence-corrected chi connectivity index (χ0v) is 22.0. The van der Waals surface area contributed by atoms with Crippen molar-refractivity contribution in [2.45, 2.75) is 58.5 Å². The molecule has 0 aliphatic rings. The second kappa shape index (κ2) is 15.3. The Bertz CT molecular complexity index is 1050. The average Bonchev–Trinajstić information content (AvgIpc) is 2.86. The van der Waals surface area contributed by atoms with Crippen LogP contribution in [0.15, 0.2) is 60.7 Å². The lowest BCUT2D eigenvalue weighted by molar-refractivity contribution is -0.150. The van der Waals surface area contributed by atoms with Gasteiger partial charge in [-0.05, 0) is 35.8 Å². The summed E-state index contributed by atoms with van der Waals surface area (Å²) in [6.07, 6.45) is 0.648. The summed E-state index contributed by atoms with van der Waals surface area (Å²) in [6.45, 7) is 3.99. The highest BCUT2D eigenvalue weighted by molar-refractivity contribution is 5.95. The minimum absolute atomic E-state index is 0.0605. The summed E-state index contributed by atoms with van der Waals surface area (Å²) in [4.78, 5) is 60.9. The van der Waals surface area contributed by atoms with E-state index in [1.165, 1.54) is 6.92 Å². The minimum atomic E-state index is -1.41. The number of hydrogen-bond donors (Lipinski definition) is 3. The average molecular weight is 525 g/mol. The molecular formula is C29H36N2O7. The largest absolute Gasteiger partial charge is 0.481 e. The monoisotopic (exact) mass is 524 g/mol. The Hall–Kier alpha value is -4.01. The van der Waals surface area contributed by atoms with E-state index in [1.54, 1.807) is 13.8 Å². The summed E-state index contributed by atoms with van der Waals surface area (Å²) in [5.41, 5.74) is 2.14. The predicted molar refractivity (Wildman–Crippen MR) is 141 cm³/mol. The SMILES string of the molecule is CC(=O)NC(C(=O)NC(CC(=O)O)C(=O)COC(=O)CC(Cc1ccccc1)Cc1ccccc1)C(C)C.